The molecule has 0 atom stereocenters. The number of carbonyl (C=O) groups is 1. The number of aromatic nitrogens is 3. The second-order valence-electron chi connectivity index (χ2n) is 5.38. The lowest BCUT2D eigenvalue weighted by Gasteiger charge is -2.14. The molecule has 0 bridgehead atoms. The van der Waals surface area contributed by atoms with Crippen molar-refractivity contribution >= 4 is 27.7 Å². The van der Waals surface area contributed by atoms with Gasteiger partial charge in [0.05, 0.1) is 11.8 Å². The summed E-state index contributed by atoms with van der Waals surface area (Å²) < 4.78 is 32.3. The number of nitrogens with two attached hydrogens (primary N) is 1. The summed E-state index contributed by atoms with van der Waals surface area (Å²) in [5.41, 5.74) is 0.194. The largest absolute Gasteiger partial charge is 0.461 e. The van der Waals surface area contributed by atoms with Gasteiger partial charge in [0.25, 0.3) is 15.9 Å². The molecule has 1 aliphatic rings. The van der Waals surface area contributed by atoms with Crippen LogP contribution >= 0.6 is 11.8 Å². The minimum atomic E-state index is -3.81. The van der Waals surface area contributed by atoms with E-state index < -0.39 is 15.9 Å². The maximum absolute atomic E-state index is 12.5. The predicted octanol–water partition coefficient (Wildman–Crippen LogP) is 1.19. The Hall–Kier alpha value is -2.79. The number of hydrogen-bond acceptors (Lipinski definition) is 8. The molecular weight excluding hydrogens is 378 g/mol. The Labute approximate surface area is 152 Å². The van der Waals surface area contributed by atoms with Crippen LogP contribution in [0, 0.1) is 0 Å². The molecule has 11 heteroatoms. The Morgan fingerprint density at radius 1 is 1.15 bits per heavy atom. The molecule has 0 radical (unpaired) electrons. The highest BCUT2D eigenvalue weighted by atomic mass is 32.2. The van der Waals surface area contributed by atoms with Crippen LogP contribution in [0.25, 0.3) is 11.6 Å². The van der Waals surface area contributed by atoms with E-state index in [9.17, 15) is 13.2 Å². The maximum Gasteiger partial charge on any atom is 0.269 e. The minimum absolute atomic E-state index is 0.00343. The summed E-state index contributed by atoms with van der Waals surface area (Å²) in [6, 6.07) is 9.58. The SMILES string of the molecule is Nn1c(SCCN2C(=O)c3ccccc3S2(=O)=O)nnc1-c1ccco1. The number of furan rings is 1. The molecule has 4 rings (SSSR count). The molecule has 26 heavy (non-hydrogen) atoms. The fourth-order valence-electron chi connectivity index (χ4n) is 2.62. The standard InChI is InChI=1S/C15H13N5O4S2/c16-20-13(11-5-3-8-24-11)17-18-15(20)25-9-7-19-14(21)10-4-1-2-6-12(10)26(19,22)23/h1-6,8H,7,9,16H2. The summed E-state index contributed by atoms with van der Waals surface area (Å²) in [7, 11) is -3.81. The van der Waals surface area contributed by atoms with Crippen LogP contribution in [-0.2, 0) is 10.0 Å². The zero-order valence-electron chi connectivity index (χ0n) is 13.3. The third-order valence-corrected chi connectivity index (χ3v) is 6.61. The van der Waals surface area contributed by atoms with Crippen molar-refractivity contribution in [1.82, 2.24) is 19.2 Å². The molecular formula is C15H13N5O4S2. The van der Waals surface area contributed by atoms with Gasteiger partial charge in [-0.2, -0.15) is 0 Å². The first-order valence-electron chi connectivity index (χ1n) is 7.53. The van der Waals surface area contributed by atoms with Gasteiger partial charge in [-0.25, -0.2) is 17.4 Å². The van der Waals surface area contributed by atoms with Crippen LogP contribution in [0.15, 0.2) is 57.1 Å². The van der Waals surface area contributed by atoms with Gasteiger partial charge >= 0.3 is 0 Å². The highest BCUT2D eigenvalue weighted by molar-refractivity contribution is 7.99. The van der Waals surface area contributed by atoms with Gasteiger partial charge in [0.1, 0.15) is 4.90 Å². The zero-order valence-corrected chi connectivity index (χ0v) is 14.9. The van der Waals surface area contributed by atoms with Crippen LogP contribution in [0.3, 0.4) is 0 Å². The van der Waals surface area contributed by atoms with Gasteiger partial charge < -0.3 is 10.3 Å². The van der Waals surface area contributed by atoms with E-state index in [1.165, 1.54) is 34.8 Å². The number of hydrogen-bond donors (Lipinski definition) is 1. The van der Waals surface area contributed by atoms with E-state index in [0.29, 0.717) is 16.7 Å². The lowest BCUT2D eigenvalue weighted by molar-refractivity contribution is 0.0876. The van der Waals surface area contributed by atoms with Crippen molar-refractivity contribution in [3.05, 3.63) is 48.2 Å². The van der Waals surface area contributed by atoms with Crippen molar-refractivity contribution in [2.24, 2.45) is 0 Å². The monoisotopic (exact) mass is 391 g/mol. The van der Waals surface area contributed by atoms with Crippen LogP contribution in [0.1, 0.15) is 10.4 Å². The van der Waals surface area contributed by atoms with Crippen molar-refractivity contribution < 1.29 is 17.6 Å². The van der Waals surface area contributed by atoms with Gasteiger partial charge in [-0.15, -0.1) is 10.2 Å². The topological polar surface area (TPSA) is 124 Å². The Kier molecular flexibility index (Phi) is 3.96. The van der Waals surface area contributed by atoms with E-state index in [2.05, 4.69) is 10.2 Å². The lowest BCUT2D eigenvalue weighted by atomic mass is 10.2. The number of thioether (sulfide) groups is 1. The molecule has 9 nitrogen and oxygen atoms in total. The van der Waals surface area contributed by atoms with E-state index in [4.69, 9.17) is 10.3 Å². The van der Waals surface area contributed by atoms with Crippen molar-refractivity contribution in [2.45, 2.75) is 10.1 Å². The molecule has 0 fully saturated rings. The van der Waals surface area contributed by atoms with E-state index in [0.717, 1.165) is 4.31 Å². The second kappa shape index (κ2) is 6.18. The highest BCUT2D eigenvalue weighted by Crippen LogP contribution is 2.30. The second-order valence-corrected chi connectivity index (χ2v) is 8.27. The van der Waals surface area contributed by atoms with Crippen LogP contribution in [0.2, 0.25) is 0 Å². The molecule has 3 aromatic rings. The van der Waals surface area contributed by atoms with E-state index in [-0.39, 0.29) is 22.8 Å². The average Bonchev–Trinajstić information content (AvgIpc) is 3.31. The lowest BCUT2D eigenvalue weighted by Crippen LogP contribution is -2.32. The zero-order chi connectivity index (χ0) is 18.3. The number of nitrogen functional groups attached to an aromatic ring is 1. The number of amides is 1. The molecule has 2 aromatic heterocycles. The summed E-state index contributed by atoms with van der Waals surface area (Å²) in [6.07, 6.45) is 1.50. The van der Waals surface area contributed by atoms with Gasteiger partial charge in [0, 0.05) is 12.3 Å². The Balaban J connectivity index is 1.47. The molecule has 1 amide bonds. The van der Waals surface area contributed by atoms with Crippen molar-refractivity contribution in [2.75, 3.05) is 18.1 Å². The highest BCUT2D eigenvalue weighted by Gasteiger charge is 2.40. The molecule has 1 aliphatic heterocycles. The molecule has 134 valence electrons. The summed E-state index contributed by atoms with van der Waals surface area (Å²) in [5.74, 6) is 6.54. The molecule has 0 saturated carbocycles. The molecule has 1 aromatic carbocycles. The van der Waals surface area contributed by atoms with Crippen LogP contribution in [0.4, 0.5) is 0 Å². The summed E-state index contributed by atoms with van der Waals surface area (Å²) in [4.78, 5) is 12.4. The number of sulfonamides is 1. The van der Waals surface area contributed by atoms with Gasteiger partial charge in [-0.1, -0.05) is 23.9 Å². The van der Waals surface area contributed by atoms with Gasteiger partial charge in [0.2, 0.25) is 11.0 Å². The number of nitrogens with zero attached hydrogens (tertiary/aromatic N) is 4. The fraction of sp³-hybridized carbons (Fsp3) is 0.133. The van der Waals surface area contributed by atoms with E-state index in [1.807, 2.05) is 0 Å². The Morgan fingerprint density at radius 2 is 1.96 bits per heavy atom. The third-order valence-electron chi connectivity index (χ3n) is 3.84. The van der Waals surface area contributed by atoms with E-state index >= 15 is 0 Å². The van der Waals surface area contributed by atoms with Gasteiger partial charge in [0.15, 0.2) is 5.76 Å². The number of rotatable bonds is 5. The smallest absolute Gasteiger partial charge is 0.269 e. The minimum Gasteiger partial charge on any atom is -0.461 e. The number of carbonyl (C=O) groups excluding carboxylic acids is 1. The molecule has 0 spiro atoms. The number of fused-ring (bicyclic) bond motifs is 1. The van der Waals surface area contributed by atoms with Crippen LogP contribution in [-0.4, -0.2) is 45.8 Å². The van der Waals surface area contributed by atoms with Crippen molar-refractivity contribution in [1.29, 1.82) is 0 Å². The first-order chi connectivity index (χ1) is 12.5. The molecule has 0 unspecified atom stereocenters. The maximum atomic E-state index is 12.5. The van der Waals surface area contributed by atoms with Gasteiger partial charge in [-0.3, -0.25) is 4.79 Å². The molecule has 3 heterocycles. The summed E-state index contributed by atoms with van der Waals surface area (Å²) in [5, 5.41) is 8.31. The van der Waals surface area contributed by atoms with Crippen molar-refractivity contribution in [3.8, 4) is 11.6 Å². The molecule has 2 N–H and O–H groups in total. The first-order valence-corrected chi connectivity index (χ1v) is 9.96. The number of benzene rings is 1. The van der Waals surface area contributed by atoms with Crippen LogP contribution in [0.5, 0.6) is 0 Å². The van der Waals surface area contributed by atoms with E-state index in [1.54, 1.807) is 24.3 Å². The van der Waals surface area contributed by atoms with Gasteiger partial charge in [-0.05, 0) is 24.3 Å². The molecule has 0 aliphatic carbocycles. The summed E-state index contributed by atoms with van der Waals surface area (Å²) >= 11 is 1.20. The third kappa shape index (κ3) is 2.56. The first kappa shape index (κ1) is 16.7. The predicted molar refractivity (Wildman–Crippen MR) is 93.3 cm³/mol. The van der Waals surface area contributed by atoms with Crippen LogP contribution < -0.4 is 5.84 Å². The quantitative estimate of drug-likeness (QED) is 0.508. The van der Waals surface area contributed by atoms with Crippen molar-refractivity contribution in [3.63, 3.8) is 0 Å². The molecule has 0 saturated heterocycles. The summed E-state index contributed by atoms with van der Waals surface area (Å²) in [6.45, 7) is 0.00343. The fourth-order valence-corrected chi connectivity index (χ4v) is 5.09. The Bertz CT molecular complexity index is 1080. The Morgan fingerprint density at radius 3 is 2.69 bits per heavy atom. The normalized spacial score (nSPS) is 15.4. The average molecular weight is 391 g/mol.